The Balaban J connectivity index is 1.21. The van der Waals surface area contributed by atoms with Crippen molar-refractivity contribution >= 4 is 11.8 Å². The lowest BCUT2D eigenvalue weighted by Gasteiger charge is -2.27. The lowest BCUT2D eigenvalue weighted by atomic mass is 9.80. The van der Waals surface area contributed by atoms with Crippen molar-refractivity contribution in [2.75, 3.05) is 13.1 Å². The number of carbonyl (C=O) groups excluding carboxylic acids is 2. The maximum absolute atomic E-state index is 12.9. The number of aromatic nitrogens is 4. The molecule has 170 valence electrons. The molecule has 2 aromatic heterocycles. The summed E-state index contributed by atoms with van der Waals surface area (Å²) in [4.78, 5) is 32.0. The van der Waals surface area contributed by atoms with Gasteiger partial charge in [0, 0.05) is 44.0 Å². The summed E-state index contributed by atoms with van der Waals surface area (Å²) in [5.74, 6) is 1.40. The van der Waals surface area contributed by atoms with E-state index in [0.717, 1.165) is 69.7 Å². The van der Waals surface area contributed by atoms with Crippen LogP contribution in [0.15, 0.2) is 24.4 Å². The molecule has 1 unspecified atom stereocenters. The molecule has 3 aliphatic rings. The molecule has 2 amide bonds. The van der Waals surface area contributed by atoms with Gasteiger partial charge in [0.2, 0.25) is 11.7 Å². The lowest BCUT2D eigenvalue weighted by Crippen LogP contribution is -2.37. The van der Waals surface area contributed by atoms with Crippen molar-refractivity contribution in [2.45, 2.75) is 76.8 Å². The molecule has 1 saturated carbocycles. The van der Waals surface area contributed by atoms with Gasteiger partial charge >= 0.3 is 0 Å². The number of aryl methyl sites for hydroxylation is 1. The predicted molar refractivity (Wildman–Crippen MR) is 119 cm³/mol. The first-order valence-electron chi connectivity index (χ1n) is 12.0. The van der Waals surface area contributed by atoms with E-state index in [9.17, 15) is 9.59 Å². The van der Waals surface area contributed by atoms with Crippen molar-refractivity contribution < 1.29 is 9.59 Å². The van der Waals surface area contributed by atoms with Gasteiger partial charge in [-0.1, -0.05) is 25.3 Å². The fraction of sp³-hybridized carbons (Fsp3) is 0.625. The van der Waals surface area contributed by atoms with Gasteiger partial charge in [0.25, 0.3) is 5.91 Å². The van der Waals surface area contributed by atoms with E-state index >= 15 is 0 Å². The van der Waals surface area contributed by atoms with Crippen LogP contribution in [0.1, 0.15) is 73.5 Å². The maximum Gasteiger partial charge on any atom is 0.289 e. The second-order valence-electron chi connectivity index (χ2n) is 9.71. The fourth-order valence-electron chi connectivity index (χ4n) is 5.60. The minimum Gasteiger partial charge on any atom is -0.347 e. The minimum absolute atomic E-state index is 0.0924. The topological polar surface area (TPSA) is 93.0 Å². The smallest absolute Gasteiger partial charge is 0.289 e. The molecule has 8 nitrogen and oxygen atoms in total. The Morgan fingerprint density at radius 3 is 2.72 bits per heavy atom. The summed E-state index contributed by atoms with van der Waals surface area (Å²) in [6.45, 7) is 2.31. The van der Waals surface area contributed by atoms with Crippen molar-refractivity contribution in [2.24, 2.45) is 5.41 Å². The van der Waals surface area contributed by atoms with Crippen LogP contribution < -0.4 is 5.32 Å². The highest BCUT2D eigenvalue weighted by atomic mass is 16.2. The van der Waals surface area contributed by atoms with Gasteiger partial charge in [-0.2, -0.15) is 0 Å². The molecule has 0 aromatic carbocycles. The average Bonchev–Trinajstić information content (AvgIpc) is 3.38. The molecule has 5 rings (SSSR count). The second-order valence-corrected chi connectivity index (χ2v) is 9.71. The van der Waals surface area contributed by atoms with E-state index in [-0.39, 0.29) is 23.3 Å². The summed E-state index contributed by atoms with van der Waals surface area (Å²) < 4.78 is 2.02. The van der Waals surface area contributed by atoms with E-state index in [1.54, 1.807) is 6.20 Å². The molecule has 1 aliphatic carbocycles. The molecule has 0 radical (unpaired) electrons. The van der Waals surface area contributed by atoms with Crippen molar-refractivity contribution in [3.63, 3.8) is 0 Å². The van der Waals surface area contributed by atoms with Gasteiger partial charge in [-0.15, -0.1) is 10.2 Å². The normalized spacial score (nSPS) is 23.7. The summed E-state index contributed by atoms with van der Waals surface area (Å²) >= 11 is 0. The average molecular weight is 437 g/mol. The highest BCUT2D eigenvalue weighted by Gasteiger charge is 2.41. The van der Waals surface area contributed by atoms with E-state index in [0.29, 0.717) is 12.2 Å². The molecular weight excluding hydrogens is 404 g/mol. The molecule has 0 bridgehead atoms. The lowest BCUT2D eigenvalue weighted by molar-refractivity contribution is -0.129. The third-order valence-electron chi connectivity index (χ3n) is 7.57. The zero-order valence-electron chi connectivity index (χ0n) is 18.6. The van der Waals surface area contributed by atoms with Crippen molar-refractivity contribution in [1.82, 2.24) is 30.0 Å². The summed E-state index contributed by atoms with van der Waals surface area (Å²) in [5, 5.41) is 11.8. The molecule has 2 fully saturated rings. The molecule has 2 aliphatic heterocycles. The number of likely N-dealkylation sites (tertiary alicyclic amines) is 1. The number of rotatable bonds is 4. The van der Waals surface area contributed by atoms with E-state index in [1.165, 1.54) is 19.3 Å². The summed E-state index contributed by atoms with van der Waals surface area (Å²) in [5.41, 5.74) is 0.913. The molecule has 8 heteroatoms. The van der Waals surface area contributed by atoms with Gasteiger partial charge in [0.05, 0.1) is 6.42 Å². The molecule has 1 N–H and O–H groups in total. The Morgan fingerprint density at radius 1 is 1.06 bits per heavy atom. The summed E-state index contributed by atoms with van der Waals surface area (Å²) in [6, 6.07) is 5.95. The van der Waals surface area contributed by atoms with Crippen LogP contribution in [0.25, 0.3) is 0 Å². The Morgan fingerprint density at radius 2 is 1.91 bits per heavy atom. The Hall–Kier alpha value is -2.77. The molecule has 1 spiro atoms. The zero-order valence-corrected chi connectivity index (χ0v) is 18.6. The first kappa shape index (κ1) is 21.1. The quantitative estimate of drug-likeness (QED) is 0.795. The number of carbonyl (C=O) groups is 2. The zero-order chi connectivity index (χ0) is 22.0. The van der Waals surface area contributed by atoms with Crippen molar-refractivity contribution in [1.29, 1.82) is 0 Å². The first-order valence-corrected chi connectivity index (χ1v) is 12.0. The van der Waals surface area contributed by atoms with Gasteiger partial charge in [-0.05, 0) is 49.7 Å². The van der Waals surface area contributed by atoms with Crippen LogP contribution in [-0.2, 0) is 24.2 Å². The summed E-state index contributed by atoms with van der Waals surface area (Å²) in [6.07, 6.45) is 11.5. The number of hydrogen-bond acceptors (Lipinski definition) is 5. The fourth-order valence-corrected chi connectivity index (χ4v) is 5.60. The number of nitrogens with one attached hydrogen (secondary N) is 1. The Kier molecular flexibility index (Phi) is 5.93. The van der Waals surface area contributed by atoms with Gasteiger partial charge in [0.15, 0.2) is 0 Å². The first-order chi connectivity index (χ1) is 15.6. The second kappa shape index (κ2) is 9.00. The third-order valence-corrected chi connectivity index (χ3v) is 7.57. The van der Waals surface area contributed by atoms with Crippen molar-refractivity contribution in [3.8, 4) is 0 Å². The maximum atomic E-state index is 12.9. The monoisotopic (exact) mass is 436 g/mol. The standard InChI is InChI=1S/C24H32N6O2/c31-21(16-19-8-4-5-13-25-19)29-14-11-24(17-29)10-9-20-27-28-22(30(20)15-12-24)23(32)26-18-6-2-1-3-7-18/h4-5,8,13,18H,1-3,6-7,9-12,14-17H2,(H,26,32). The Bertz CT molecular complexity index is 968. The predicted octanol–water partition coefficient (Wildman–Crippen LogP) is 2.53. The van der Waals surface area contributed by atoms with E-state index in [4.69, 9.17) is 0 Å². The molecule has 1 atom stereocenters. The SMILES string of the molecule is O=C(NC1CCCCC1)c1nnc2n1CCC1(CC2)CCN(C(=O)Cc2ccccn2)C1. The Labute approximate surface area is 188 Å². The molecule has 1 saturated heterocycles. The van der Waals surface area contributed by atoms with Crippen molar-refractivity contribution in [3.05, 3.63) is 41.7 Å². The highest BCUT2D eigenvalue weighted by molar-refractivity contribution is 5.91. The van der Waals surface area contributed by atoms with E-state index in [1.807, 2.05) is 27.7 Å². The van der Waals surface area contributed by atoms with Crippen LogP contribution in [0.4, 0.5) is 0 Å². The molecular formula is C24H32N6O2. The van der Waals surface area contributed by atoms with Crippen LogP contribution in [-0.4, -0.2) is 55.6 Å². The van der Waals surface area contributed by atoms with Gasteiger partial charge in [-0.3, -0.25) is 14.6 Å². The third kappa shape index (κ3) is 4.40. The number of pyridine rings is 1. The van der Waals surface area contributed by atoms with E-state index in [2.05, 4.69) is 20.5 Å². The van der Waals surface area contributed by atoms with Gasteiger partial charge < -0.3 is 14.8 Å². The number of nitrogens with zero attached hydrogens (tertiary/aromatic N) is 5. The molecule has 2 aromatic rings. The number of hydrogen-bond donors (Lipinski definition) is 1. The molecule has 4 heterocycles. The van der Waals surface area contributed by atoms with Gasteiger partial charge in [-0.25, -0.2) is 0 Å². The van der Waals surface area contributed by atoms with Gasteiger partial charge in [0.1, 0.15) is 5.82 Å². The van der Waals surface area contributed by atoms with Crippen LogP contribution in [0.2, 0.25) is 0 Å². The van der Waals surface area contributed by atoms with Crippen LogP contribution in [0.5, 0.6) is 0 Å². The van der Waals surface area contributed by atoms with Crippen LogP contribution in [0.3, 0.4) is 0 Å². The summed E-state index contributed by atoms with van der Waals surface area (Å²) in [7, 11) is 0. The molecule has 32 heavy (non-hydrogen) atoms. The van der Waals surface area contributed by atoms with Crippen LogP contribution >= 0.6 is 0 Å². The van der Waals surface area contributed by atoms with E-state index < -0.39 is 0 Å². The highest BCUT2D eigenvalue weighted by Crippen LogP contribution is 2.41. The largest absolute Gasteiger partial charge is 0.347 e. The number of amides is 2. The number of fused-ring (bicyclic) bond motifs is 1. The minimum atomic E-state index is -0.0924. The van der Waals surface area contributed by atoms with Crippen LogP contribution in [0, 0.1) is 5.41 Å².